The van der Waals surface area contributed by atoms with Gasteiger partial charge in [0, 0.05) is 18.6 Å². The van der Waals surface area contributed by atoms with Gasteiger partial charge in [-0.2, -0.15) is 14.9 Å². The second kappa shape index (κ2) is 8.66. The molecular weight excluding hydrogens is 383 g/mol. The van der Waals surface area contributed by atoms with E-state index in [1.165, 1.54) is 16.8 Å². The molecule has 1 aromatic heterocycles. The van der Waals surface area contributed by atoms with Crippen LogP contribution in [0.3, 0.4) is 0 Å². The Morgan fingerprint density at radius 3 is 2.32 bits per heavy atom. The van der Waals surface area contributed by atoms with Gasteiger partial charge in [-0.15, -0.1) is 0 Å². The van der Waals surface area contributed by atoms with Crippen molar-refractivity contribution in [1.29, 1.82) is 0 Å². The van der Waals surface area contributed by atoms with Crippen molar-refractivity contribution >= 4 is 18.4 Å². The first-order valence-corrected chi connectivity index (χ1v) is 8.71. The zero-order valence-corrected chi connectivity index (χ0v) is 16.4. The Morgan fingerprint density at radius 1 is 1.11 bits per heavy atom. The summed E-state index contributed by atoms with van der Waals surface area (Å²) < 4.78 is 31.0. The molecular formula is C19H19FN4O3S. The Balaban J connectivity index is 1.96. The first-order chi connectivity index (χ1) is 13.5. The monoisotopic (exact) mass is 402 g/mol. The second-order valence-electron chi connectivity index (χ2n) is 5.75. The van der Waals surface area contributed by atoms with Gasteiger partial charge in [-0.3, -0.25) is 5.10 Å². The first-order valence-electron chi connectivity index (χ1n) is 8.30. The summed E-state index contributed by atoms with van der Waals surface area (Å²) in [5.74, 6) is 1.96. The quantitative estimate of drug-likeness (QED) is 0.483. The third-order valence-corrected chi connectivity index (χ3v) is 4.31. The van der Waals surface area contributed by atoms with E-state index in [1.807, 2.05) is 0 Å². The van der Waals surface area contributed by atoms with E-state index in [0.717, 1.165) is 5.56 Å². The summed E-state index contributed by atoms with van der Waals surface area (Å²) in [4.78, 5) is 0. The summed E-state index contributed by atoms with van der Waals surface area (Å²) >= 11 is 5.28. The lowest BCUT2D eigenvalue weighted by molar-refractivity contribution is 0.374. The third-order valence-electron chi connectivity index (χ3n) is 4.05. The molecule has 0 aliphatic rings. The molecule has 3 rings (SSSR count). The lowest BCUT2D eigenvalue weighted by Gasteiger charge is -2.12. The van der Waals surface area contributed by atoms with Crippen molar-refractivity contribution in [3.63, 3.8) is 0 Å². The van der Waals surface area contributed by atoms with Crippen LogP contribution in [0.15, 0.2) is 41.5 Å². The number of methoxy groups -OCH3 is 3. The number of nitrogens with zero attached hydrogens (tertiary/aromatic N) is 3. The molecule has 0 spiro atoms. The minimum atomic E-state index is -0.292. The largest absolute Gasteiger partial charge is 0.496 e. The van der Waals surface area contributed by atoms with Crippen LogP contribution >= 0.6 is 12.2 Å². The molecule has 1 heterocycles. The maximum atomic E-state index is 13.1. The number of rotatable bonds is 7. The van der Waals surface area contributed by atoms with E-state index >= 15 is 0 Å². The predicted octanol–water partition coefficient (Wildman–Crippen LogP) is 3.58. The highest BCUT2D eigenvalue weighted by atomic mass is 32.1. The van der Waals surface area contributed by atoms with Crippen molar-refractivity contribution in [1.82, 2.24) is 14.9 Å². The minimum absolute atomic E-state index is 0.292. The summed E-state index contributed by atoms with van der Waals surface area (Å²) in [6, 6.07) is 9.65. The normalized spacial score (nSPS) is 11.0. The molecule has 0 radical (unpaired) electrons. The zero-order chi connectivity index (χ0) is 20.1. The summed E-state index contributed by atoms with van der Waals surface area (Å²) in [5.41, 5.74) is 1.51. The van der Waals surface area contributed by atoms with Gasteiger partial charge in [0.25, 0.3) is 0 Å². The lowest BCUT2D eigenvalue weighted by Crippen LogP contribution is -2.02. The van der Waals surface area contributed by atoms with Crippen molar-refractivity contribution in [2.45, 2.75) is 6.42 Å². The topological polar surface area (TPSA) is 73.7 Å². The van der Waals surface area contributed by atoms with E-state index in [-0.39, 0.29) is 5.82 Å². The fourth-order valence-corrected chi connectivity index (χ4v) is 2.82. The van der Waals surface area contributed by atoms with Crippen LogP contribution in [-0.4, -0.2) is 42.4 Å². The highest BCUT2D eigenvalue weighted by Gasteiger charge is 2.13. The van der Waals surface area contributed by atoms with Gasteiger partial charge in [0.2, 0.25) is 4.77 Å². The van der Waals surface area contributed by atoms with Gasteiger partial charge >= 0.3 is 0 Å². The smallest absolute Gasteiger partial charge is 0.216 e. The Kier molecular flexibility index (Phi) is 6.05. The van der Waals surface area contributed by atoms with Crippen LogP contribution in [0, 0.1) is 10.6 Å². The van der Waals surface area contributed by atoms with Crippen LogP contribution in [0.25, 0.3) is 0 Å². The number of hydrogen-bond donors (Lipinski definition) is 1. The van der Waals surface area contributed by atoms with Gasteiger partial charge in [-0.25, -0.2) is 4.39 Å². The molecule has 0 aliphatic carbocycles. The van der Waals surface area contributed by atoms with Crippen LogP contribution in [0.4, 0.5) is 4.39 Å². The van der Waals surface area contributed by atoms with Gasteiger partial charge in [0.05, 0.1) is 33.1 Å². The molecule has 0 unspecified atom stereocenters. The summed E-state index contributed by atoms with van der Waals surface area (Å²) in [6.45, 7) is 0. The van der Waals surface area contributed by atoms with Crippen molar-refractivity contribution < 1.29 is 18.6 Å². The molecule has 0 saturated heterocycles. The molecule has 0 atom stereocenters. The highest BCUT2D eigenvalue weighted by Crippen LogP contribution is 2.32. The van der Waals surface area contributed by atoms with E-state index in [1.54, 1.807) is 51.8 Å². The van der Waals surface area contributed by atoms with Crippen molar-refractivity contribution in [2.24, 2.45) is 5.10 Å². The van der Waals surface area contributed by atoms with Crippen molar-refractivity contribution in [3.05, 3.63) is 63.9 Å². The Morgan fingerprint density at radius 2 is 1.75 bits per heavy atom. The van der Waals surface area contributed by atoms with Crippen LogP contribution in [0.2, 0.25) is 0 Å². The molecule has 9 heteroatoms. The average Bonchev–Trinajstić information content (AvgIpc) is 3.06. The standard InChI is InChI=1S/C19H19FN4O3S/c1-25-14-9-16(26-2)15(17(10-14)27-3)11-21-24-18(22-23-19(24)28)8-12-4-6-13(20)7-5-12/h4-7,9-11H,8H2,1-3H3,(H,23,28). The number of aromatic amines is 1. The predicted molar refractivity (Wildman–Crippen MR) is 106 cm³/mol. The van der Waals surface area contributed by atoms with Crippen LogP contribution in [0.1, 0.15) is 17.0 Å². The molecule has 3 aromatic rings. The molecule has 1 N–H and O–H groups in total. The number of halogens is 1. The third kappa shape index (κ3) is 4.20. The van der Waals surface area contributed by atoms with E-state index < -0.39 is 0 Å². The van der Waals surface area contributed by atoms with Crippen LogP contribution < -0.4 is 14.2 Å². The van der Waals surface area contributed by atoms with E-state index in [4.69, 9.17) is 26.4 Å². The number of aromatic nitrogens is 3. The highest BCUT2D eigenvalue weighted by molar-refractivity contribution is 7.71. The molecule has 146 valence electrons. The molecule has 28 heavy (non-hydrogen) atoms. The summed E-state index contributed by atoms with van der Waals surface area (Å²) in [7, 11) is 4.67. The Bertz CT molecular complexity index is 1020. The number of H-pyrrole nitrogens is 1. The van der Waals surface area contributed by atoms with Crippen molar-refractivity contribution in [2.75, 3.05) is 21.3 Å². The molecule has 0 aliphatic heterocycles. The summed E-state index contributed by atoms with van der Waals surface area (Å²) in [5, 5.41) is 11.4. The fourth-order valence-electron chi connectivity index (χ4n) is 2.62. The van der Waals surface area contributed by atoms with E-state index in [2.05, 4.69) is 15.3 Å². The molecule has 0 amide bonds. The Labute approximate surface area is 166 Å². The van der Waals surface area contributed by atoms with Crippen LogP contribution in [-0.2, 0) is 6.42 Å². The summed E-state index contributed by atoms with van der Waals surface area (Å²) in [6.07, 6.45) is 2.01. The van der Waals surface area contributed by atoms with Crippen molar-refractivity contribution in [3.8, 4) is 17.2 Å². The molecule has 0 bridgehead atoms. The fraction of sp³-hybridized carbons (Fsp3) is 0.211. The first kappa shape index (κ1) is 19.6. The number of nitrogens with one attached hydrogen (secondary N) is 1. The SMILES string of the molecule is COc1cc(OC)c(C=Nn2c(Cc3ccc(F)cc3)n[nH]c2=S)c(OC)c1. The Hall–Kier alpha value is -3.20. The van der Waals surface area contributed by atoms with Gasteiger partial charge in [0.1, 0.15) is 23.1 Å². The average molecular weight is 402 g/mol. The van der Waals surface area contributed by atoms with Crippen LogP contribution in [0.5, 0.6) is 17.2 Å². The van der Waals surface area contributed by atoms with E-state index in [0.29, 0.717) is 39.8 Å². The maximum Gasteiger partial charge on any atom is 0.216 e. The van der Waals surface area contributed by atoms with Gasteiger partial charge in [-0.05, 0) is 29.9 Å². The minimum Gasteiger partial charge on any atom is -0.496 e. The molecule has 2 aromatic carbocycles. The molecule has 0 fully saturated rings. The zero-order valence-electron chi connectivity index (χ0n) is 15.6. The number of benzene rings is 2. The van der Waals surface area contributed by atoms with Gasteiger partial charge < -0.3 is 14.2 Å². The maximum absolute atomic E-state index is 13.1. The second-order valence-corrected chi connectivity index (χ2v) is 6.14. The molecule has 7 nitrogen and oxygen atoms in total. The lowest BCUT2D eigenvalue weighted by atomic mass is 10.1. The molecule has 0 saturated carbocycles. The number of hydrogen-bond acceptors (Lipinski definition) is 6. The van der Waals surface area contributed by atoms with E-state index in [9.17, 15) is 4.39 Å². The van der Waals surface area contributed by atoms with Gasteiger partial charge in [-0.1, -0.05) is 12.1 Å². The number of ether oxygens (including phenoxy) is 3. The van der Waals surface area contributed by atoms with Gasteiger partial charge in [0.15, 0.2) is 5.82 Å².